The van der Waals surface area contributed by atoms with Gasteiger partial charge in [0.05, 0.1) is 6.61 Å². The molecule has 1 unspecified atom stereocenters. The van der Waals surface area contributed by atoms with Gasteiger partial charge in [0.2, 0.25) is 0 Å². The Kier molecular flexibility index (Phi) is 5.93. The SMILES string of the molecule is CCOC(=O)C(=O)NCC1CSCCS1. The third-order valence-electron chi connectivity index (χ3n) is 1.84. The van der Waals surface area contributed by atoms with E-state index in [1.165, 1.54) is 5.75 Å². The first-order valence-corrected chi connectivity index (χ1v) is 7.08. The van der Waals surface area contributed by atoms with E-state index in [9.17, 15) is 9.59 Å². The smallest absolute Gasteiger partial charge is 0.396 e. The molecule has 0 saturated carbocycles. The van der Waals surface area contributed by atoms with Gasteiger partial charge in [0.15, 0.2) is 0 Å². The fourth-order valence-electron chi connectivity index (χ4n) is 1.13. The molecule has 0 spiro atoms. The number of rotatable bonds is 3. The van der Waals surface area contributed by atoms with E-state index < -0.39 is 11.9 Å². The molecule has 6 heteroatoms. The van der Waals surface area contributed by atoms with Gasteiger partial charge in [0.25, 0.3) is 0 Å². The number of carbonyl (C=O) groups excluding carboxylic acids is 2. The maximum atomic E-state index is 11.2. The van der Waals surface area contributed by atoms with E-state index in [0.29, 0.717) is 11.8 Å². The fraction of sp³-hybridized carbons (Fsp3) is 0.778. The van der Waals surface area contributed by atoms with E-state index in [2.05, 4.69) is 10.1 Å². The Labute approximate surface area is 97.9 Å². The highest BCUT2D eigenvalue weighted by molar-refractivity contribution is 8.06. The zero-order valence-electron chi connectivity index (χ0n) is 8.65. The number of ether oxygens (including phenoxy) is 1. The van der Waals surface area contributed by atoms with E-state index >= 15 is 0 Å². The van der Waals surface area contributed by atoms with Crippen molar-refractivity contribution in [1.82, 2.24) is 5.32 Å². The van der Waals surface area contributed by atoms with Gasteiger partial charge in [-0.1, -0.05) is 0 Å². The first-order valence-electron chi connectivity index (χ1n) is 4.88. The summed E-state index contributed by atoms with van der Waals surface area (Å²) < 4.78 is 4.58. The molecule has 15 heavy (non-hydrogen) atoms. The van der Waals surface area contributed by atoms with Crippen molar-refractivity contribution >= 4 is 35.4 Å². The highest BCUT2D eigenvalue weighted by Gasteiger charge is 2.18. The van der Waals surface area contributed by atoms with E-state index in [1.54, 1.807) is 6.92 Å². The molecule has 1 heterocycles. The van der Waals surface area contributed by atoms with E-state index in [-0.39, 0.29) is 6.61 Å². The summed E-state index contributed by atoms with van der Waals surface area (Å²) in [6.07, 6.45) is 0. The fourth-order valence-corrected chi connectivity index (χ4v) is 3.74. The molecule has 0 bridgehead atoms. The predicted molar refractivity (Wildman–Crippen MR) is 63.2 cm³/mol. The molecule has 1 aliphatic rings. The Hall–Kier alpha value is -0.360. The largest absolute Gasteiger partial charge is 0.459 e. The lowest BCUT2D eigenvalue weighted by Gasteiger charge is -2.20. The van der Waals surface area contributed by atoms with Crippen molar-refractivity contribution < 1.29 is 14.3 Å². The summed E-state index contributed by atoms with van der Waals surface area (Å²) in [7, 11) is 0. The summed E-state index contributed by atoms with van der Waals surface area (Å²) in [5, 5.41) is 3.01. The molecule has 0 aromatic carbocycles. The molecule has 0 aromatic rings. The van der Waals surface area contributed by atoms with Crippen LogP contribution in [0.4, 0.5) is 0 Å². The van der Waals surface area contributed by atoms with Gasteiger partial charge in [-0.25, -0.2) is 4.79 Å². The van der Waals surface area contributed by atoms with Crippen LogP contribution in [0.1, 0.15) is 6.92 Å². The van der Waals surface area contributed by atoms with Crippen LogP contribution in [-0.2, 0) is 14.3 Å². The number of amides is 1. The van der Waals surface area contributed by atoms with Crippen molar-refractivity contribution in [1.29, 1.82) is 0 Å². The van der Waals surface area contributed by atoms with Gasteiger partial charge in [-0.3, -0.25) is 4.79 Å². The van der Waals surface area contributed by atoms with Crippen LogP contribution < -0.4 is 5.32 Å². The zero-order chi connectivity index (χ0) is 11.1. The molecule has 1 saturated heterocycles. The lowest BCUT2D eigenvalue weighted by molar-refractivity contribution is -0.154. The van der Waals surface area contributed by atoms with Crippen molar-refractivity contribution in [3.8, 4) is 0 Å². The number of hydrogen-bond donors (Lipinski definition) is 1. The maximum Gasteiger partial charge on any atom is 0.396 e. The molecule has 0 aromatic heterocycles. The van der Waals surface area contributed by atoms with Crippen LogP contribution in [0.5, 0.6) is 0 Å². The molecule has 1 atom stereocenters. The highest BCUT2D eigenvalue weighted by atomic mass is 32.2. The van der Waals surface area contributed by atoms with Gasteiger partial charge in [-0.2, -0.15) is 23.5 Å². The number of hydrogen-bond acceptors (Lipinski definition) is 5. The first kappa shape index (κ1) is 12.7. The molecule has 86 valence electrons. The third kappa shape index (κ3) is 4.79. The van der Waals surface area contributed by atoms with Crippen LogP contribution in [0, 0.1) is 0 Å². The topological polar surface area (TPSA) is 55.4 Å². The molecular formula is C9H15NO3S2. The molecule has 4 nitrogen and oxygen atoms in total. The molecule has 1 fully saturated rings. The Morgan fingerprint density at radius 1 is 1.47 bits per heavy atom. The first-order chi connectivity index (χ1) is 7.24. The molecular weight excluding hydrogens is 234 g/mol. The number of carbonyl (C=O) groups is 2. The van der Waals surface area contributed by atoms with Crippen LogP contribution in [-0.4, -0.2) is 47.5 Å². The Bertz CT molecular complexity index is 229. The monoisotopic (exact) mass is 249 g/mol. The highest BCUT2D eigenvalue weighted by Crippen LogP contribution is 2.23. The van der Waals surface area contributed by atoms with Gasteiger partial charge >= 0.3 is 11.9 Å². The van der Waals surface area contributed by atoms with E-state index in [1.807, 2.05) is 23.5 Å². The second-order valence-electron chi connectivity index (χ2n) is 3.00. The molecule has 1 rings (SSSR count). The molecule has 1 N–H and O–H groups in total. The van der Waals surface area contributed by atoms with Gasteiger partial charge in [-0.15, -0.1) is 0 Å². The Balaban J connectivity index is 2.17. The van der Waals surface area contributed by atoms with Crippen molar-refractivity contribution in [3.05, 3.63) is 0 Å². The molecule has 1 aliphatic heterocycles. The van der Waals surface area contributed by atoms with Crippen LogP contribution in [0.2, 0.25) is 0 Å². The predicted octanol–water partition coefficient (Wildman–Crippen LogP) is 0.514. The maximum absolute atomic E-state index is 11.2. The van der Waals surface area contributed by atoms with Crippen molar-refractivity contribution in [3.63, 3.8) is 0 Å². The summed E-state index contributed by atoms with van der Waals surface area (Å²) >= 11 is 3.73. The summed E-state index contributed by atoms with van der Waals surface area (Å²) in [5.74, 6) is 1.91. The van der Waals surface area contributed by atoms with Crippen LogP contribution in [0.25, 0.3) is 0 Å². The van der Waals surface area contributed by atoms with Crippen LogP contribution >= 0.6 is 23.5 Å². The number of esters is 1. The van der Waals surface area contributed by atoms with E-state index in [0.717, 1.165) is 11.5 Å². The lowest BCUT2D eigenvalue weighted by Crippen LogP contribution is -2.38. The minimum absolute atomic E-state index is 0.236. The minimum atomic E-state index is -0.786. The minimum Gasteiger partial charge on any atom is -0.459 e. The lowest BCUT2D eigenvalue weighted by atomic mass is 10.4. The van der Waals surface area contributed by atoms with Gasteiger partial charge < -0.3 is 10.1 Å². The van der Waals surface area contributed by atoms with Crippen molar-refractivity contribution in [2.45, 2.75) is 12.2 Å². The van der Waals surface area contributed by atoms with Gasteiger partial charge in [-0.05, 0) is 6.92 Å². The van der Waals surface area contributed by atoms with Crippen LogP contribution in [0.3, 0.4) is 0 Å². The van der Waals surface area contributed by atoms with Gasteiger partial charge in [0.1, 0.15) is 0 Å². The standard InChI is InChI=1S/C9H15NO3S2/c1-2-13-9(12)8(11)10-5-7-6-14-3-4-15-7/h7H,2-6H2,1H3,(H,10,11). The number of thioether (sulfide) groups is 2. The number of nitrogens with one attached hydrogen (secondary N) is 1. The molecule has 0 radical (unpaired) electrons. The third-order valence-corrected chi connectivity index (χ3v) is 4.68. The Morgan fingerprint density at radius 2 is 2.27 bits per heavy atom. The van der Waals surface area contributed by atoms with Crippen LogP contribution in [0.15, 0.2) is 0 Å². The summed E-state index contributed by atoms with van der Waals surface area (Å²) in [4.78, 5) is 22.1. The van der Waals surface area contributed by atoms with Gasteiger partial charge in [0, 0.05) is 29.1 Å². The molecule has 1 amide bonds. The zero-order valence-corrected chi connectivity index (χ0v) is 10.3. The van der Waals surface area contributed by atoms with Crippen molar-refractivity contribution in [2.24, 2.45) is 0 Å². The van der Waals surface area contributed by atoms with Crippen molar-refractivity contribution in [2.75, 3.05) is 30.4 Å². The normalized spacial score (nSPS) is 20.7. The van der Waals surface area contributed by atoms with E-state index in [4.69, 9.17) is 0 Å². The summed E-state index contributed by atoms with van der Waals surface area (Å²) in [5.41, 5.74) is 0. The average molecular weight is 249 g/mol. The quantitative estimate of drug-likeness (QED) is 0.583. The average Bonchev–Trinajstić information content (AvgIpc) is 2.27. The molecule has 0 aliphatic carbocycles. The second-order valence-corrected chi connectivity index (χ2v) is 5.56. The summed E-state index contributed by atoms with van der Waals surface area (Å²) in [6.45, 7) is 2.47. The summed E-state index contributed by atoms with van der Waals surface area (Å²) in [6, 6.07) is 0. The second kappa shape index (κ2) is 7.00. The Morgan fingerprint density at radius 3 is 2.87 bits per heavy atom.